The van der Waals surface area contributed by atoms with Gasteiger partial charge in [0.25, 0.3) is 0 Å². The molecule has 7 nitrogen and oxygen atoms in total. The maximum absolute atomic E-state index is 12.6. The second-order valence-electron chi connectivity index (χ2n) is 7.74. The van der Waals surface area contributed by atoms with Crippen LogP contribution in [0.2, 0.25) is 0 Å². The molecule has 1 amide bonds. The molecule has 0 radical (unpaired) electrons. The molecule has 0 saturated carbocycles. The van der Waals surface area contributed by atoms with Gasteiger partial charge in [0, 0.05) is 0 Å². The van der Waals surface area contributed by atoms with Crippen molar-refractivity contribution in [3.63, 3.8) is 0 Å². The van der Waals surface area contributed by atoms with Crippen molar-refractivity contribution < 1.29 is 29.0 Å². The summed E-state index contributed by atoms with van der Waals surface area (Å²) in [4.78, 5) is 36.5. The molecule has 0 aliphatic rings. The minimum atomic E-state index is -1.93. The van der Waals surface area contributed by atoms with Crippen molar-refractivity contribution in [3.05, 3.63) is 35.9 Å². The van der Waals surface area contributed by atoms with Gasteiger partial charge in [-0.25, -0.2) is 9.59 Å². The molecule has 0 heterocycles. The molecule has 1 atom stereocenters. The lowest BCUT2D eigenvalue weighted by Gasteiger charge is -2.39. The highest BCUT2D eigenvalue weighted by molar-refractivity contribution is 5.92. The maximum Gasteiger partial charge on any atom is 0.408 e. The van der Waals surface area contributed by atoms with Crippen LogP contribution >= 0.6 is 0 Å². The van der Waals surface area contributed by atoms with Crippen LogP contribution in [0.1, 0.15) is 47.1 Å². The van der Waals surface area contributed by atoms with Crippen LogP contribution in [0.25, 0.3) is 0 Å². The van der Waals surface area contributed by atoms with Crippen LogP contribution in [0.15, 0.2) is 30.3 Å². The van der Waals surface area contributed by atoms with Gasteiger partial charge in [-0.15, -0.1) is 0 Å². The summed E-state index contributed by atoms with van der Waals surface area (Å²) in [6, 6.07) is 9.02. The summed E-state index contributed by atoms with van der Waals surface area (Å²) in [6.45, 7) is 9.05. The Labute approximate surface area is 153 Å². The highest BCUT2D eigenvalue weighted by Crippen LogP contribution is 2.33. The molecular formula is C19H27NO6. The first-order valence-electron chi connectivity index (χ1n) is 8.25. The first kappa shape index (κ1) is 21.5. The second-order valence-corrected chi connectivity index (χ2v) is 7.74. The molecule has 0 saturated heterocycles. The smallest absolute Gasteiger partial charge is 0.408 e. The molecule has 2 N–H and O–H groups in total. The molecule has 0 aromatic heterocycles. The minimum absolute atomic E-state index is 0.00520. The molecule has 0 aliphatic carbocycles. The van der Waals surface area contributed by atoms with Gasteiger partial charge in [0.05, 0.1) is 5.41 Å². The van der Waals surface area contributed by atoms with E-state index in [-0.39, 0.29) is 6.61 Å². The fraction of sp³-hybridized carbons (Fsp3) is 0.526. The van der Waals surface area contributed by atoms with E-state index in [0.717, 1.165) is 5.56 Å². The Morgan fingerprint density at radius 1 is 1.00 bits per heavy atom. The van der Waals surface area contributed by atoms with Crippen molar-refractivity contribution in [2.45, 2.75) is 59.3 Å². The molecule has 0 unspecified atom stereocenters. The van der Waals surface area contributed by atoms with E-state index in [9.17, 15) is 19.5 Å². The summed E-state index contributed by atoms with van der Waals surface area (Å²) in [6.07, 6.45) is -0.925. The van der Waals surface area contributed by atoms with Gasteiger partial charge < -0.3 is 19.9 Å². The quantitative estimate of drug-likeness (QED) is 0.751. The first-order valence-corrected chi connectivity index (χ1v) is 8.25. The molecule has 26 heavy (non-hydrogen) atoms. The Hall–Kier alpha value is -2.57. The SMILES string of the molecule is CC(C)(C)OC(=O)N[C@@](C)(C(=O)O)C(C)(C)C(=O)OCc1ccccc1. The maximum atomic E-state index is 12.6. The van der Waals surface area contributed by atoms with Gasteiger partial charge >= 0.3 is 18.0 Å². The van der Waals surface area contributed by atoms with E-state index in [0.29, 0.717) is 0 Å². The number of hydrogen-bond acceptors (Lipinski definition) is 5. The number of carboxylic acids is 1. The molecule has 1 aromatic rings. The number of benzene rings is 1. The zero-order chi connectivity index (χ0) is 20.2. The molecule has 1 aromatic carbocycles. The Bertz CT molecular complexity index is 662. The number of amides is 1. The van der Waals surface area contributed by atoms with E-state index < -0.39 is 34.6 Å². The summed E-state index contributed by atoms with van der Waals surface area (Å²) in [7, 11) is 0. The third-order valence-corrected chi connectivity index (χ3v) is 4.15. The van der Waals surface area contributed by atoms with Crippen molar-refractivity contribution in [1.82, 2.24) is 5.32 Å². The Morgan fingerprint density at radius 3 is 2.00 bits per heavy atom. The Kier molecular flexibility index (Phi) is 6.41. The molecule has 0 aliphatic heterocycles. The summed E-state index contributed by atoms with van der Waals surface area (Å²) < 4.78 is 10.4. The van der Waals surface area contributed by atoms with Crippen LogP contribution in [0.4, 0.5) is 4.79 Å². The Balaban J connectivity index is 2.95. The molecule has 0 fully saturated rings. The van der Waals surface area contributed by atoms with Gasteiger partial charge in [0.15, 0.2) is 5.54 Å². The summed E-state index contributed by atoms with van der Waals surface area (Å²) >= 11 is 0. The molecule has 7 heteroatoms. The second kappa shape index (κ2) is 7.76. The zero-order valence-electron chi connectivity index (χ0n) is 16.1. The highest BCUT2D eigenvalue weighted by atomic mass is 16.6. The largest absolute Gasteiger partial charge is 0.479 e. The number of esters is 1. The third-order valence-electron chi connectivity index (χ3n) is 4.15. The van der Waals surface area contributed by atoms with E-state index in [2.05, 4.69) is 5.32 Å². The van der Waals surface area contributed by atoms with Crippen molar-refractivity contribution in [2.24, 2.45) is 5.41 Å². The van der Waals surface area contributed by atoms with E-state index >= 15 is 0 Å². The van der Waals surface area contributed by atoms with E-state index in [1.54, 1.807) is 45.0 Å². The van der Waals surface area contributed by atoms with Crippen molar-refractivity contribution in [3.8, 4) is 0 Å². The molecule has 0 bridgehead atoms. The van der Waals surface area contributed by atoms with E-state index in [1.807, 2.05) is 6.07 Å². The predicted octanol–water partition coefficient (Wildman–Crippen LogP) is 3.12. The summed E-state index contributed by atoms with van der Waals surface area (Å²) in [5, 5.41) is 12.0. The number of aliphatic carboxylic acids is 1. The van der Waals surface area contributed by atoms with Crippen LogP contribution in [-0.4, -0.2) is 34.3 Å². The van der Waals surface area contributed by atoms with Gasteiger partial charge in [-0.1, -0.05) is 30.3 Å². The lowest BCUT2D eigenvalue weighted by Crippen LogP contribution is -2.64. The number of hydrogen-bond donors (Lipinski definition) is 2. The average Bonchev–Trinajstić information content (AvgIpc) is 2.51. The summed E-state index contributed by atoms with van der Waals surface area (Å²) in [5.41, 5.74) is -3.51. The average molecular weight is 365 g/mol. The van der Waals surface area contributed by atoms with Crippen LogP contribution in [-0.2, 0) is 25.7 Å². The number of carboxylic acid groups (broad SMARTS) is 1. The number of ether oxygens (including phenoxy) is 2. The van der Waals surface area contributed by atoms with Crippen LogP contribution in [0.5, 0.6) is 0 Å². The highest BCUT2D eigenvalue weighted by Gasteiger charge is 2.55. The van der Waals surface area contributed by atoms with Crippen LogP contribution in [0.3, 0.4) is 0 Å². The lowest BCUT2D eigenvalue weighted by atomic mass is 9.73. The van der Waals surface area contributed by atoms with Crippen molar-refractivity contribution in [2.75, 3.05) is 0 Å². The first-order chi connectivity index (χ1) is 11.8. The molecule has 144 valence electrons. The van der Waals surface area contributed by atoms with Crippen molar-refractivity contribution >= 4 is 18.0 Å². The molecule has 1 rings (SSSR count). The minimum Gasteiger partial charge on any atom is -0.479 e. The Morgan fingerprint density at radius 2 is 1.54 bits per heavy atom. The molecular weight excluding hydrogens is 338 g/mol. The predicted molar refractivity (Wildman–Crippen MR) is 95.4 cm³/mol. The fourth-order valence-corrected chi connectivity index (χ4v) is 2.09. The third kappa shape index (κ3) is 5.21. The number of nitrogens with one attached hydrogen (secondary N) is 1. The number of alkyl carbamates (subject to hydrolysis) is 1. The number of carbonyl (C=O) groups excluding carboxylic acids is 2. The van der Waals surface area contributed by atoms with E-state index in [4.69, 9.17) is 9.47 Å². The monoisotopic (exact) mass is 365 g/mol. The van der Waals surface area contributed by atoms with E-state index in [1.165, 1.54) is 20.8 Å². The van der Waals surface area contributed by atoms with Gasteiger partial charge in [-0.05, 0) is 47.1 Å². The van der Waals surface area contributed by atoms with Crippen LogP contribution < -0.4 is 5.32 Å². The van der Waals surface area contributed by atoms with Gasteiger partial charge in [0.1, 0.15) is 12.2 Å². The van der Waals surface area contributed by atoms with Crippen LogP contribution in [0, 0.1) is 5.41 Å². The summed E-state index contributed by atoms with van der Waals surface area (Å²) in [5.74, 6) is -2.12. The van der Waals surface area contributed by atoms with Gasteiger partial charge in [-0.2, -0.15) is 0 Å². The van der Waals surface area contributed by atoms with Crippen molar-refractivity contribution in [1.29, 1.82) is 0 Å². The van der Waals surface area contributed by atoms with Gasteiger partial charge in [0.2, 0.25) is 0 Å². The zero-order valence-corrected chi connectivity index (χ0v) is 16.1. The topological polar surface area (TPSA) is 102 Å². The lowest BCUT2D eigenvalue weighted by molar-refractivity contribution is -0.168. The molecule has 0 spiro atoms. The fourth-order valence-electron chi connectivity index (χ4n) is 2.09. The standard InChI is InChI=1S/C19H27NO6/c1-17(2,3)26-16(24)20-19(6,14(21)22)18(4,5)15(23)25-12-13-10-8-7-9-11-13/h7-11H,12H2,1-6H3,(H,20,24)(H,21,22)/t19-/m0/s1. The number of carbonyl (C=O) groups is 3. The number of rotatable bonds is 6. The normalized spacial score (nSPS) is 14.1. The van der Waals surface area contributed by atoms with Gasteiger partial charge in [-0.3, -0.25) is 4.79 Å².